The molecule has 2 aromatic rings. The van der Waals surface area contributed by atoms with Gasteiger partial charge in [-0.2, -0.15) is 5.10 Å². The molecule has 2 aromatic heterocycles. The first-order chi connectivity index (χ1) is 10.2. The van der Waals surface area contributed by atoms with E-state index in [1.54, 1.807) is 4.90 Å². The first-order valence-corrected chi connectivity index (χ1v) is 6.58. The average Bonchev–Trinajstić information content (AvgIpc) is 3.15. The third kappa shape index (κ3) is 2.35. The minimum Gasteiger partial charge on any atom is -0.365 e. The van der Waals surface area contributed by atoms with E-state index in [2.05, 4.69) is 20.2 Å². The molecule has 21 heavy (non-hydrogen) atoms. The van der Waals surface area contributed by atoms with Crippen LogP contribution in [0.1, 0.15) is 45.4 Å². The Morgan fingerprint density at radius 3 is 2.90 bits per heavy atom. The summed E-state index contributed by atoms with van der Waals surface area (Å²) in [4.78, 5) is 33.5. The molecule has 108 valence electrons. The Morgan fingerprint density at radius 2 is 2.19 bits per heavy atom. The van der Waals surface area contributed by atoms with Crippen LogP contribution in [0.5, 0.6) is 0 Å². The fraction of sp³-hybridized carbons (Fsp3) is 0.308. The van der Waals surface area contributed by atoms with Gasteiger partial charge in [-0.1, -0.05) is 0 Å². The van der Waals surface area contributed by atoms with Crippen molar-refractivity contribution in [2.75, 3.05) is 6.54 Å². The second-order valence-electron chi connectivity index (χ2n) is 4.81. The topological polar surface area (TPSA) is 118 Å². The highest BCUT2D eigenvalue weighted by Crippen LogP contribution is 2.33. The molecule has 2 amide bonds. The van der Waals surface area contributed by atoms with Gasteiger partial charge in [-0.05, 0) is 12.8 Å². The fourth-order valence-electron chi connectivity index (χ4n) is 2.61. The van der Waals surface area contributed by atoms with Gasteiger partial charge in [-0.3, -0.25) is 19.7 Å². The van der Waals surface area contributed by atoms with Crippen LogP contribution in [0.4, 0.5) is 0 Å². The zero-order valence-electron chi connectivity index (χ0n) is 11.2. The van der Waals surface area contributed by atoms with Crippen LogP contribution in [-0.4, -0.2) is 43.4 Å². The molecule has 0 spiro atoms. The Morgan fingerprint density at radius 1 is 1.33 bits per heavy atom. The maximum Gasteiger partial charge on any atom is 0.274 e. The van der Waals surface area contributed by atoms with E-state index in [1.807, 2.05) is 0 Å². The van der Waals surface area contributed by atoms with Gasteiger partial charge in [0.2, 0.25) is 0 Å². The highest BCUT2D eigenvalue weighted by atomic mass is 16.2. The minimum atomic E-state index is -0.558. The Labute approximate surface area is 120 Å². The number of amides is 2. The predicted octanol–water partition coefficient (Wildman–Crippen LogP) is 0.276. The molecule has 0 unspecified atom stereocenters. The van der Waals surface area contributed by atoms with Gasteiger partial charge >= 0.3 is 0 Å². The average molecular weight is 286 g/mol. The third-order valence-electron chi connectivity index (χ3n) is 3.56. The van der Waals surface area contributed by atoms with Gasteiger partial charge in [0, 0.05) is 18.9 Å². The lowest BCUT2D eigenvalue weighted by molar-refractivity contribution is 0.0724. The van der Waals surface area contributed by atoms with E-state index in [-0.39, 0.29) is 17.6 Å². The monoisotopic (exact) mass is 286 g/mol. The summed E-state index contributed by atoms with van der Waals surface area (Å²) in [5, 5.41) is 6.65. The zero-order valence-corrected chi connectivity index (χ0v) is 11.2. The van der Waals surface area contributed by atoms with Gasteiger partial charge < -0.3 is 10.6 Å². The van der Waals surface area contributed by atoms with Crippen LogP contribution >= 0.6 is 0 Å². The summed E-state index contributed by atoms with van der Waals surface area (Å²) in [5.41, 5.74) is 6.52. The van der Waals surface area contributed by atoms with Crippen molar-refractivity contribution in [1.29, 1.82) is 0 Å². The molecule has 3 N–H and O–H groups in total. The van der Waals surface area contributed by atoms with Crippen LogP contribution in [0, 0.1) is 0 Å². The van der Waals surface area contributed by atoms with E-state index in [0.29, 0.717) is 17.8 Å². The van der Waals surface area contributed by atoms with Crippen molar-refractivity contribution < 1.29 is 9.59 Å². The van der Waals surface area contributed by atoms with Crippen LogP contribution < -0.4 is 5.73 Å². The fourth-order valence-corrected chi connectivity index (χ4v) is 2.61. The highest BCUT2D eigenvalue weighted by Gasteiger charge is 2.34. The lowest BCUT2D eigenvalue weighted by Crippen LogP contribution is -2.32. The molecule has 1 atom stereocenters. The number of nitrogens with zero attached hydrogens (tertiary/aromatic N) is 4. The molecule has 0 bridgehead atoms. The number of carbonyl (C=O) groups excluding carboxylic acids is 2. The van der Waals surface area contributed by atoms with Crippen LogP contribution in [0.3, 0.4) is 0 Å². The van der Waals surface area contributed by atoms with E-state index in [9.17, 15) is 9.59 Å². The molecule has 1 fully saturated rings. The molecule has 8 nitrogen and oxygen atoms in total. The maximum atomic E-state index is 12.5. The lowest BCUT2D eigenvalue weighted by atomic mass is 10.1. The zero-order chi connectivity index (χ0) is 14.8. The summed E-state index contributed by atoms with van der Waals surface area (Å²) in [5.74, 6) is -0.770. The summed E-state index contributed by atoms with van der Waals surface area (Å²) >= 11 is 0. The Balaban J connectivity index is 1.91. The number of aromatic amines is 1. The van der Waals surface area contributed by atoms with E-state index in [4.69, 9.17) is 5.73 Å². The predicted molar refractivity (Wildman–Crippen MR) is 72.1 cm³/mol. The summed E-state index contributed by atoms with van der Waals surface area (Å²) < 4.78 is 0. The summed E-state index contributed by atoms with van der Waals surface area (Å²) in [7, 11) is 0. The Bertz CT molecular complexity index is 668. The number of primary amides is 1. The van der Waals surface area contributed by atoms with Crippen LogP contribution in [0.15, 0.2) is 24.8 Å². The Hall–Kier alpha value is -2.77. The number of carbonyl (C=O) groups is 2. The first kappa shape index (κ1) is 13.2. The van der Waals surface area contributed by atoms with Gasteiger partial charge in [0.25, 0.3) is 11.8 Å². The lowest BCUT2D eigenvalue weighted by Gasteiger charge is -2.23. The molecule has 1 aliphatic heterocycles. The van der Waals surface area contributed by atoms with Crippen molar-refractivity contribution in [1.82, 2.24) is 25.1 Å². The number of hydrogen-bond donors (Lipinski definition) is 2. The number of nitrogens with one attached hydrogen (secondary N) is 1. The third-order valence-corrected chi connectivity index (χ3v) is 3.56. The standard InChI is InChI=1S/C13H14N6O2/c14-12(20)8-6-17-18-11(8)10-2-1-5-19(10)13(21)9-7-15-3-4-16-9/h3-4,6-7,10H,1-2,5H2,(H2,14,20)(H,17,18)/t10-/m1/s1. The molecule has 1 saturated heterocycles. The largest absolute Gasteiger partial charge is 0.365 e. The van der Waals surface area contributed by atoms with Gasteiger partial charge in [0.15, 0.2) is 0 Å². The van der Waals surface area contributed by atoms with Crippen molar-refractivity contribution in [3.05, 3.63) is 41.7 Å². The molecule has 3 heterocycles. The van der Waals surface area contributed by atoms with Crippen LogP contribution in [0.25, 0.3) is 0 Å². The van der Waals surface area contributed by atoms with Gasteiger partial charge in [0.05, 0.1) is 29.7 Å². The molecular formula is C13H14N6O2. The van der Waals surface area contributed by atoms with Gasteiger partial charge in [-0.25, -0.2) is 4.98 Å². The first-order valence-electron chi connectivity index (χ1n) is 6.58. The smallest absolute Gasteiger partial charge is 0.274 e. The highest BCUT2D eigenvalue weighted by molar-refractivity contribution is 5.95. The number of hydrogen-bond acceptors (Lipinski definition) is 5. The van der Waals surface area contributed by atoms with Gasteiger partial charge in [0.1, 0.15) is 5.69 Å². The van der Waals surface area contributed by atoms with Crippen molar-refractivity contribution >= 4 is 11.8 Å². The van der Waals surface area contributed by atoms with Crippen molar-refractivity contribution in [2.45, 2.75) is 18.9 Å². The van der Waals surface area contributed by atoms with Crippen molar-refractivity contribution in [3.63, 3.8) is 0 Å². The summed E-state index contributed by atoms with van der Waals surface area (Å²) in [6.45, 7) is 0.595. The van der Waals surface area contributed by atoms with E-state index in [1.165, 1.54) is 24.8 Å². The van der Waals surface area contributed by atoms with Gasteiger partial charge in [-0.15, -0.1) is 0 Å². The molecule has 1 aliphatic rings. The number of nitrogens with two attached hydrogens (primary N) is 1. The molecule has 8 heteroatoms. The molecule has 0 radical (unpaired) electrons. The quantitative estimate of drug-likeness (QED) is 0.840. The normalized spacial score (nSPS) is 17.9. The SMILES string of the molecule is NC(=O)c1cn[nH]c1[C@H]1CCCN1C(=O)c1cnccn1. The molecule has 0 aliphatic carbocycles. The molecule has 3 rings (SSSR count). The maximum absolute atomic E-state index is 12.5. The molecular weight excluding hydrogens is 272 g/mol. The van der Waals surface area contributed by atoms with E-state index in [0.717, 1.165) is 12.8 Å². The number of aromatic nitrogens is 4. The number of H-pyrrole nitrogens is 1. The number of rotatable bonds is 3. The second-order valence-corrected chi connectivity index (χ2v) is 4.81. The van der Waals surface area contributed by atoms with Crippen LogP contribution in [-0.2, 0) is 0 Å². The van der Waals surface area contributed by atoms with Crippen molar-refractivity contribution in [3.8, 4) is 0 Å². The van der Waals surface area contributed by atoms with Crippen LogP contribution in [0.2, 0.25) is 0 Å². The number of likely N-dealkylation sites (tertiary alicyclic amines) is 1. The molecule has 0 aromatic carbocycles. The summed E-state index contributed by atoms with van der Waals surface area (Å²) in [6.07, 6.45) is 7.39. The Kier molecular flexibility index (Phi) is 3.35. The minimum absolute atomic E-state index is 0.212. The van der Waals surface area contributed by atoms with Crippen molar-refractivity contribution in [2.24, 2.45) is 5.73 Å². The van der Waals surface area contributed by atoms with E-state index < -0.39 is 5.91 Å². The molecule has 0 saturated carbocycles. The second kappa shape index (κ2) is 5.31. The summed E-state index contributed by atoms with van der Waals surface area (Å²) in [6, 6.07) is -0.246. The van der Waals surface area contributed by atoms with E-state index >= 15 is 0 Å².